The minimum atomic E-state index is -0.426. The third kappa shape index (κ3) is 1.79. The maximum absolute atomic E-state index is 11.8. The Bertz CT molecular complexity index is 296. The molecule has 0 aromatic rings. The topological polar surface area (TPSA) is 49.8 Å². The van der Waals surface area contributed by atoms with Gasteiger partial charge in [-0.2, -0.15) is 0 Å². The van der Waals surface area contributed by atoms with Crippen LogP contribution in [0.25, 0.3) is 0 Å². The molecule has 1 heterocycles. The average Bonchev–Trinajstić information content (AvgIpc) is 2.59. The van der Waals surface area contributed by atoms with Crippen LogP contribution in [0.15, 0.2) is 0 Å². The summed E-state index contributed by atoms with van der Waals surface area (Å²) in [5, 5.41) is 9.25. The van der Waals surface area contributed by atoms with Gasteiger partial charge in [0.15, 0.2) is 0 Å². The highest BCUT2D eigenvalue weighted by Gasteiger charge is 2.65. The highest BCUT2D eigenvalue weighted by atomic mass is 16.6. The molecule has 1 saturated heterocycles. The van der Waals surface area contributed by atoms with Crippen LogP contribution in [0.3, 0.4) is 0 Å². The van der Waals surface area contributed by atoms with E-state index in [0.717, 1.165) is 13.1 Å². The van der Waals surface area contributed by atoms with E-state index in [9.17, 15) is 9.90 Å². The quantitative estimate of drug-likeness (QED) is 0.738. The Hall–Kier alpha value is -0.770. The molecule has 1 N–H and O–H groups in total. The second kappa shape index (κ2) is 3.36. The summed E-state index contributed by atoms with van der Waals surface area (Å²) in [5.41, 5.74) is -0.372. The summed E-state index contributed by atoms with van der Waals surface area (Å²) in [4.78, 5) is 13.5. The molecule has 1 unspecified atom stereocenters. The van der Waals surface area contributed by atoms with Crippen molar-refractivity contribution in [3.05, 3.63) is 0 Å². The Labute approximate surface area is 96.6 Å². The lowest BCUT2D eigenvalue weighted by molar-refractivity contribution is 0.0238. The molecule has 1 aliphatic heterocycles. The molecule has 3 atom stereocenters. The Morgan fingerprint density at radius 1 is 1.44 bits per heavy atom. The molecule has 92 valence electrons. The fraction of sp³-hybridized carbons (Fsp3) is 0.917. The number of amides is 1. The van der Waals surface area contributed by atoms with Gasteiger partial charge in [-0.3, -0.25) is 0 Å². The lowest BCUT2D eigenvalue weighted by Crippen LogP contribution is -2.38. The average molecular weight is 227 g/mol. The first-order valence-corrected chi connectivity index (χ1v) is 5.87. The number of aliphatic hydroxyl groups is 1. The number of fused-ring (bicyclic) bond motifs is 1. The minimum absolute atomic E-state index is 0.0541. The van der Waals surface area contributed by atoms with Crippen molar-refractivity contribution in [2.75, 3.05) is 19.7 Å². The number of hydrogen-bond donors (Lipinski definition) is 1. The summed E-state index contributed by atoms with van der Waals surface area (Å²) in [6, 6.07) is 0. The van der Waals surface area contributed by atoms with Crippen molar-refractivity contribution >= 4 is 6.09 Å². The van der Waals surface area contributed by atoms with Crippen molar-refractivity contribution in [3.63, 3.8) is 0 Å². The van der Waals surface area contributed by atoms with Crippen LogP contribution in [-0.2, 0) is 4.74 Å². The van der Waals surface area contributed by atoms with Gasteiger partial charge in [-0.05, 0) is 32.6 Å². The highest BCUT2D eigenvalue weighted by molar-refractivity contribution is 5.69. The largest absolute Gasteiger partial charge is 0.444 e. The zero-order chi connectivity index (χ0) is 12.1. The normalized spacial score (nSPS) is 37.2. The number of piperidine rings is 1. The number of carbonyl (C=O) groups is 1. The van der Waals surface area contributed by atoms with Gasteiger partial charge in [-0.1, -0.05) is 6.92 Å². The SMILES string of the molecule is CC(C)(C)OC(=O)N1C[C@@H]2[C@H](C1)C2(C)CO. The maximum Gasteiger partial charge on any atom is 0.410 e. The Morgan fingerprint density at radius 3 is 2.31 bits per heavy atom. The molecule has 2 fully saturated rings. The van der Waals surface area contributed by atoms with Crippen LogP contribution in [0.1, 0.15) is 27.7 Å². The summed E-state index contributed by atoms with van der Waals surface area (Å²) in [5.74, 6) is 0.926. The van der Waals surface area contributed by atoms with Crippen LogP contribution >= 0.6 is 0 Å². The summed E-state index contributed by atoms with van der Waals surface area (Å²) in [7, 11) is 0. The summed E-state index contributed by atoms with van der Waals surface area (Å²) >= 11 is 0. The van der Waals surface area contributed by atoms with E-state index in [-0.39, 0.29) is 18.1 Å². The molecule has 2 rings (SSSR count). The van der Waals surface area contributed by atoms with Crippen molar-refractivity contribution in [2.24, 2.45) is 17.3 Å². The maximum atomic E-state index is 11.8. The molecule has 0 aromatic carbocycles. The summed E-state index contributed by atoms with van der Waals surface area (Å²) in [6.07, 6.45) is -0.222. The number of rotatable bonds is 1. The molecule has 1 amide bonds. The predicted molar refractivity (Wildman–Crippen MR) is 60.0 cm³/mol. The van der Waals surface area contributed by atoms with Gasteiger partial charge in [0.05, 0.1) is 0 Å². The predicted octanol–water partition coefficient (Wildman–Crippen LogP) is 1.48. The van der Waals surface area contributed by atoms with Gasteiger partial charge in [0, 0.05) is 25.1 Å². The van der Waals surface area contributed by atoms with E-state index in [2.05, 4.69) is 6.92 Å². The van der Waals surface area contributed by atoms with Crippen LogP contribution in [0.2, 0.25) is 0 Å². The monoisotopic (exact) mass is 227 g/mol. The number of hydrogen-bond acceptors (Lipinski definition) is 3. The molecule has 16 heavy (non-hydrogen) atoms. The number of likely N-dealkylation sites (tertiary alicyclic amines) is 1. The fourth-order valence-electron chi connectivity index (χ4n) is 2.70. The van der Waals surface area contributed by atoms with Crippen LogP contribution in [0, 0.1) is 17.3 Å². The Balaban J connectivity index is 1.87. The van der Waals surface area contributed by atoms with Gasteiger partial charge in [0.2, 0.25) is 0 Å². The van der Waals surface area contributed by atoms with Gasteiger partial charge in [-0.25, -0.2) is 4.79 Å². The van der Waals surface area contributed by atoms with Crippen LogP contribution in [-0.4, -0.2) is 41.4 Å². The van der Waals surface area contributed by atoms with E-state index in [0.29, 0.717) is 11.8 Å². The molecule has 0 spiro atoms. The van der Waals surface area contributed by atoms with Crippen molar-refractivity contribution in [3.8, 4) is 0 Å². The number of carbonyl (C=O) groups excluding carboxylic acids is 1. The molecule has 4 nitrogen and oxygen atoms in total. The zero-order valence-electron chi connectivity index (χ0n) is 10.5. The summed E-state index contributed by atoms with van der Waals surface area (Å²) < 4.78 is 5.32. The zero-order valence-corrected chi connectivity index (χ0v) is 10.5. The van der Waals surface area contributed by atoms with E-state index >= 15 is 0 Å². The van der Waals surface area contributed by atoms with E-state index < -0.39 is 5.60 Å². The molecule has 4 heteroatoms. The van der Waals surface area contributed by atoms with Crippen LogP contribution < -0.4 is 0 Å². The van der Waals surface area contributed by atoms with Gasteiger partial charge < -0.3 is 14.7 Å². The summed E-state index contributed by atoms with van der Waals surface area (Å²) in [6.45, 7) is 9.41. The van der Waals surface area contributed by atoms with Gasteiger partial charge in [0.1, 0.15) is 5.60 Å². The van der Waals surface area contributed by atoms with Crippen molar-refractivity contribution < 1.29 is 14.6 Å². The van der Waals surface area contributed by atoms with Crippen molar-refractivity contribution in [1.29, 1.82) is 0 Å². The van der Waals surface area contributed by atoms with Crippen LogP contribution in [0.5, 0.6) is 0 Å². The molecule has 1 saturated carbocycles. The molecule has 0 radical (unpaired) electrons. The standard InChI is InChI=1S/C12H21NO3/c1-11(2,3)16-10(15)13-5-8-9(6-13)12(8,4)7-14/h8-9,14H,5-7H2,1-4H3/t8-,9+,12?. The lowest BCUT2D eigenvalue weighted by Gasteiger charge is -2.27. The molecule has 1 aliphatic carbocycles. The van der Waals surface area contributed by atoms with Crippen LogP contribution in [0.4, 0.5) is 4.79 Å². The first kappa shape index (κ1) is 11.7. The first-order chi connectivity index (χ1) is 7.28. The third-order valence-corrected chi connectivity index (χ3v) is 3.90. The van der Waals surface area contributed by atoms with E-state index in [1.165, 1.54) is 0 Å². The number of aliphatic hydroxyl groups excluding tert-OH is 1. The number of nitrogens with zero attached hydrogens (tertiary/aromatic N) is 1. The van der Waals surface area contributed by atoms with Gasteiger partial charge in [0.25, 0.3) is 0 Å². The fourth-order valence-corrected chi connectivity index (χ4v) is 2.70. The molecule has 0 aromatic heterocycles. The smallest absolute Gasteiger partial charge is 0.410 e. The Kier molecular flexibility index (Phi) is 2.46. The second-order valence-electron chi connectivity index (χ2n) is 6.26. The highest BCUT2D eigenvalue weighted by Crippen LogP contribution is 2.62. The third-order valence-electron chi connectivity index (χ3n) is 3.90. The van der Waals surface area contributed by atoms with E-state index in [4.69, 9.17) is 4.74 Å². The minimum Gasteiger partial charge on any atom is -0.444 e. The van der Waals surface area contributed by atoms with Gasteiger partial charge in [-0.15, -0.1) is 0 Å². The molecule has 2 aliphatic rings. The van der Waals surface area contributed by atoms with E-state index in [1.54, 1.807) is 4.90 Å². The second-order valence-corrected chi connectivity index (χ2v) is 6.26. The molecular formula is C12H21NO3. The van der Waals surface area contributed by atoms with Crippen molar-refractivity contribution in [2.45, 2.75) is 33.3 Å². The number of ether oxygens (including phenoxy) is 1. The Morgan fingerprint density at radius 2 is 1.94 bits per heavy atom. The van der Waals surface area contributed by atoms with Gasteiger partial charge >= 0.3 is 6.09 Å². The van der Waals surface area contributed by atoms with Crippen molar-refractivity contribution in [1.82, 2.24) is 4.90 Å². The first-order valence-electron chi connectivity index (χ1n) is 5.87. The molecular weight excluding hydrogens is 206 g/mol. The molecule has 0 bridgehead atoms. The van der Waals surface area contributed by atoms with E-state index in [1.807, 2.05) is 20.8 Å². The lowest BCUT2D eigenvalue weighted by atomic mass is 10.0.